The fraction of sp³-hybridized carbons (Fsp3) is 0.350. The van der Waals surface area contributed by atoms with Gasteiger partial charge in [0.1, 0.15) is 0 Å². The number of nitrogens with one attached hydrogen (secondary N) is 1. The van der Waals surface area contributed by atoms with E-state index in [1.165, 1.54) is 0 Å². The molecule has 0 bridgehead atoms. The van der Waals surface area contributed by atoms with Gasteiger partial charge in [0, 0.05) is 35.7 Å². The van der Waals surface area contributed by atoms with Gasteiger partial charge < -0.3 is 15.1 Å². The molecule has 27 heavy (non-hydrogen) atoms. The Morgan fingerprint density at radius 3 is 2.33 bits per heavy atom. The quantitative estimate of drug-likeness (QED) is 0.690. The molecule has 2 aromatic rings. The van der Waals surface area contributed by atoms with Crippen LogP contribution in [0.1, 0.15) is 25.5 Å². The molecule has 0 aromatic heterocycles. The number of hydrogen-bond acceptors (Lipinski definition) is 2. The van der Waals surface area contributed by atoms with Gasteiger partial charge in [0.05, 0.1) is 16.8 Å². The van der Waals surface area contributed by atoms with E-state index >= 15 is 0 Å². The molecule has 0 aliphatic carbocycles. The maximum atomic E-state index is 12.5. The molecule has 1 unspecified atom stereocenters. The molecular formula is C20H22Cl3N3O. The van der Waals surface area contributed by atoms with E-state index < -0.39 is 0 Å². The fourth-order valence-corrected chi connectivity index (χ4v) is 3.92. The fourth-order valence-electron chi connectivity index (χ4n) is 3.28. The normalized spacial score (nSPS) is 17.3. The molecular weight excluding hydrogens is 405 g/mol. The molecule has 4 nitrogen and oxygen atoms in total. The molecule has 7 heteroatoms. The van der Waals surface area contributed by atoms with Crippen LogP contribution >= 0.6 is 34.8 Å². The first-order valence-corrected chi connectivity index (χ1v) is 10.0. The highest BCUT2D eigenvalue weighted by molar-refractivity contribution is 6.36. The molecule has 0 saturated carbocycles. The van der Waals surface area contributed by atoms with Crippen LogP contribution in [0.5, 0.6) is 0 Å². The smallest absolute Gasteiger partial charge is 0.317 e. The topological polar surface area (TPSA) is 35.6 Å². The highest BCUT2D eigenvalue weighted by atomic mass is 35.5. The average Bonchev–Trinajstić information content (AvgIpc) is 2.61. The van der Waals surface area contributed by atoms with Crippen LogP contribution in [0.4, 0.5) is 10.5 Å². The number of rotatable bonds is 3. The van der Waals surface area contributed by atoms with Gasteiger partial charge in [0.15, 0.2) is 0 Å². The van der Waals surface area contributed by atoms with Gasteiger partial charge >= 0.3 is 6.03 Å². The number of amides is 2. The van der Waals surface area contributed by atoms with Crippen LogP contribution in [0.15, 0.2) is 42.5 Å². The summed E-state index contributed by atoms with van der Waals surface area (Å²) >= 11 is 18.6. The molecule has 2 aromatic carbocycles. The lowest BCUT2D eigenvalue weighted by Crippen LogP contribution is -2.54. The summed E-state index contributed by atoms with van der Waals surface area (Å²) in [5.41, 5.74) is 1.98. The Balaban J connectivity index is 1.92. The third-order valence-electron chi connectivity index (χ3n) is 4.55. The predicted molar refractivity (Wildman–Crippen MR) is 113 cm³/mol. The maximum absolute atomic E-state index is 12.5. The molecule has 1 aliphatic heterocycles. The second kappa shape index (κ2) is 8.59. The molecule has 0 radical (unpaired) electrons. The van der Waals surface area contributed by atoms with Crippen LogP contribution in [0, 0.1) is 0 Å². The molecule has 1 saturated heterocycles. The van der Waals surface area contributed by atoms with Crippen molar-refractivity contribution in [2.45, 2.75) is 25.9 Å². The van der Waals surface area contributed by atoms with Gasteiger partial charge in [0.25, 0.3) is 0 Å². The van der Waals surface area contributed by atoms with E-state index in [1.807, 2.05) is 55.1 Å². The minimum absolute atomic E-state index is 0.0346. The van der Waals surface area contributed by atoms with E-state index in [1.54, 1.807) is 6.07 Å². The highest BCUT2D eigenvalue weighted by Crippen LogP contribution is 2.36. The van der Waals surface area contributed by atoms with E-state index in [9.17, 15) is 4.79 Å². The monoisotopic (exact) mass is 425 g/mol. The van der Waals surface area contributed by atoms with Crippen LogP contribution in [0.25, 0.3) is 0 Å². The zero-order valence-corrected chi connectivity index (χ0v) is 17.5. The Kier molecular flexibility index (Phi) is 6.40. The first-order chi connectivity index (χ1) is 12.8. The lowest BCUT2D eigenvalue weighted by Gasteiger charge is -2.43. The summed E-state index contributed by atoms with van der Waals surface area (Å²) in [6.45, 7) is 5.75. The number of piperazine rings is 1. The van der Waals surface area contributed by atoms with E-state index in [4.69, 9.17) is 34.8 Å². The molecule has 144 valence electrons. The summed E-state index contributed by atoms with van der Waals surface area (Å²) in [5, 5.41) is 4.85. The molecule has 1 atom stereocenters. The lowest BCUT2D eigenvalue weighted by molar-refractivity contribution is 0.182. The zero-order valence-electron chi connectivity index (χ0n) is 15.3. The van der Waals surface area contributed by atoms with Crippen molar-refractivity contribution >= 4 is 46.5 Å². The van der Waals surface area contributed by atoms with Crippen molar-refractivity contribution in [2.24, 2.45) is 0 Å². The number of hydrogen-bond donors (Lipinski definition) is 1. The van der Waals surface area contributed by atoms with E-state index in [-0.39, 0.29) is 18.1 Å². The number of benzene rings is 2. The molecule has 1 heterocycles. The molecule has 1 fully saturated rings. The van der Waals surface area contributed by atoms with Gasteiger partial charge in [-0.15, -0.1) is 0 Å². The Morgan fingerprint density at radius 1 is 1.04 bits per heavy atom. The summed E-state index contributed by atoms with van der Waals surface area (Å²) in [7, 11) is 0. The maximum Gasteiger partial charge on any atom is 0.317 e. The van der Waals surface area contributed by atoms with Crippen molar-refractivity contribution in [3.05, 3.63) is 63.1 Å². The lowest BCUT2D eigenvalue weighted by atomic mass is 10.0. The second-order valence-corrected chi connectivity index (χ2v) is 8.19. The summed E-state index contributed by atoms with van der Waals surface area (Å²) in [6, 6.07) is 13.2. The SMILES string of the molecule is CC(C)NC(=O)N1CCN(c2ccc(Cl)cc2Cl)C(c2ccc(Cl)cc2)C1. The molecule has 1 N–H and O–H groups in total. The summed E-state index contributed by atoms with van der Waals surface area (Å²) < 4.78 is 0. The number of nitrogens with zero attached hydrogens (tertiary/aromatic N) is 2. The Bertz CT molecular complexity index is 811. The standard InChI is InChI=1S/C20H22Cl3N3O/c1-13(2)24-20(27)25-9-10-26(18-8-7-16(22)11-17(18)23)19(12-25)14-3-5-15(21)6-4-14/h3-8,11,13,19H,9-10,12H2,1-2H3,(H,24,27). The predicted octanol–water partition coefficient (Wildman–Crippen LogP) is 5.63. The molecule has 3 rings (SSSR count). The van der Waals surface area contributed by atoms with Gasteiger partial charge in [-0.1, -0.05) is 46.9 Å². The Hall–Kier alpha value is -1.62. The van der Waals surface area contributed by atoms with Gasteiger partial charge in [-0.2, -0.15) is 0 Å². The molecule has 2 amide bonds. The molecule has 1 aliphatic rings. The van der Waals surface area contributed by atoms with Crippen molar-refractivity contribution in [3.63, 3.8) is 0 Å². The highest BCUT2D eigenvalue weighted by Gasteiger charge is 2.32. The molecule has 0 spiro atoms. The van der Waals surface area contributed by atoms with Crippen LogP contribution in [0.2, 0.25) is 15.1 Å². The van der Waals surface area contributed by atoms with Gasteiger partial charge in [-0.3, -0.25) is 0 Å². The minimum atomic E-state index is -0.0502. The van der Waals surface area contributed by atoms with Crippen molar-refractivity contribution in [2.75, 3.05) is 24.5 Å². The third-order valence-corrected chi connectivity index (χ3v) is 5.34. The summed E-state index contributed by atoms with van der Waals surface area (Å²) in [5.74, 6) is 0. The minimum Gasteiger partial charge on any atom is -0.360 e. The Morgan fingerprint density at radius 2 is 1.70 bits per heavy atom. The number of carbonyl (C=O) groups is 1. The number of urea groups is 1. The van der Waals surface area contributed by atoms with Crippen molar-refractivity contribution < 1.29 is 4.79 Å². The van der Waals surface area contributed by atoms with Gasteiger partial charge in [-0.05, 0) is 49.7 Å². The van der Waals surface area contributed by atoms with Crippen LogP contribution in [-0.4, -0.2) is 36.6 Å². The Labute approximate surface area is 175 Å². The second-order valence-electron chi connectivity index (χ2n) is 6.91. The third kappa shape index (κ3) is 4.81. The van der Waals surface area contributed by atoms with E-state index in [0.29, 0.717) is 34.7 Å². The van der Waals surface area contributed by atoms with Gasteiger partial charge in [0.2, 0.25) is 0 Å². The van der Waals surface area contributed by atoms with Crippen LogP contribution in [0.3, 0.4) is 0 Å². The van der Waals surface area contributed by atoms with Crippen molar-refractivity contribution in [1.29, 1.82) is 0 Å². The van der Waals surface area contributed by atoms with Gasteiger partial charge in [-0.25, -0.2) is 4.79 Å². The summed E-state index contributed by atoms with van der Waals surface area (Å²) in [6.07, 6.45) is 0. The van der Waals surface area contributed by atoms with E-state index in [2.05, 4.69) is 10.2 Å². The number of carbonyl (C=O) groups excluding carboxylic acids is 1. The summed E-state index contributed by atoms with van der Waals surface area (Å²) in [4.78, 5) is 16.6. The number of halogens is 3. The average molecular weight is 427 g/mol. The van der Waals surface area contributed by atoms with E-state index in [0.717, 1.165) is 11.3 Å². The zero-order chi connectivity index (χ0) is 19.6. The first-order valence-electron chi connectivity index (χ1n) is 8.87. The largest absolute Gasteiger partial charge is 0.360 e. The first kappa shape index (κ1) is 20.1. The van der Waals surface area contributed by atoms with Crippen molar-refractivity contribution in [1.82, 2.24) is 10.2 Å². The number of anilines is 1. The van der Waals surface area contributed by atoms with Crippen molar-refractivity contribution in [3.8, 4) is 0 Å². The van der Waals surface area contributed by atoms with Crippen LogP contribution in [-0.2, 0) is 0 Å². The van der Waals surface area contributed by atoms with Crippen LogP contribution < -0.4 is 10.2 Å².